The van der Waals surface area contributed by atoms with Gasteiger partial charge in [-0.2, -0.15) is 0 Å². The Labute approximate surface area is 270 Å². The van der Waals surface area contributed by atoms with Crippen LogP contribution in [-0.2, 0) is 0 Å². The number of fused-ring (bicyclic) bond motifs is 10. The van der Waals surface area contributed by atoms with Crippen LogP contribution in [0.1, 0.15) is 0 Å². The Morgan fingerprint density at radius 3 is 1.77 bits per heavy atom. The molecule has 0 aliphatic carbocycles. The van der Waals surface area contributed by atoms with Gasteiger partial charge < -0.3 is 13.7 Å². The standard InChI is InChI=1S/C44H27NO2/c1-2-11-30(12-3-1)45(32-23-25-36-38-24-20-28-10-4-5-13-33(28)43(38)47-42(36)26-32)31-21-18-29(19-22-31)39-27-40-35-15-8-9-17-41(35)46-44(40)37-16-7-6-14-34(37)39/h1-27H. The zero-order valence-corrected chi connectivity index (χ0v) is 25.4. The highest BCUT2D eigenvalue weighted by atomic mass is 16.3. The molecular weight excluding hydrogens is 574 g/mol. The van der Waals surface area contributed by atoms with Crippen LogP contribution in [0.4, 0.5) is 17.1 Å². The third-order valence-corrected chi connectivity index (χ3v) is 9.44. The Morgan fingerprint density at radius 2 is 0.915 bits per heavy atom. The Kier molecular flexibility index (Phi) is 5.57. The molecule has 0 aliphatic heterocycles. The first-order chi connectivity index (χ1) is 23.3. The first kappa shape index (κ1) is 26.0. The molecule has 47 heavy (non-hydrogen) atoms. The Balaban J connectivity index is 1.12. The summed E-state index contributed by atoms with van der Waals surface area (Å²) in [5.74, 6) is 0. The van der Waals surface area contributed by atoms with Gasteiger partial charge in [-0.3, -0.25) is 0 Å². The maximum Gasteiger partial charge on any atom is 0.143 e. The summed E-state index contributed by atoms with van der Waals surface area (Å²) in [5, 5.41) is 9.13. The lowest BCUT2D eigenvalue weighted by molar-refractivity contribution is 0.672. The van der Waals surface area contributed by atoms with E-state index in [-0.39, 0.29) is 0 Å². The maximum atomic E-state index is 6.57. The highest BCUT2D eigenvalue weighted by Crippen LogP contribution is 2.42. The number of rotatable bonds is 4. The van der Waals surface area contributed by atoms with Crippen LogP contribution in [-0.4, -0.2) is 0 Å². The molecule has 0 fully saturated rings. The largest absolute Gasteiger partial charge is 0.455 e. The van der Waals surface area contributed by atoms with Crippen LogP contribution in [0.3, 0.4) is 0 Å². The van der Waals surface area contributed by atoms with Gasteiger partial charge in [0.1, 0.15) is 22.3 Å². The summed E-state index contributed by atoms with van der Waals surface area (Å²) in [4.78, 5) is 2.29. The predicted molar refractivity (Wildman–Crippen MR) is 196 cm³/mol. The topological polar surface area (TPSA) is 29.5 Å². The molecule has 10 rings (SSSR count). The van der Waals surface area contributed by atoms with Crippen molar-refractivity contribution < 1.29 is 8.83 Å². The van der Waals surface area contributed by atoms with Crippen molar-refractivity contribution in [1.82, 2.24) is 0 Å². The van der Waals surface area contributed by atoms with Gasteiger partial charge in [-0.15, -0.1) is 0 Å². The van der Waals surface area contributed by atoms with Gasteiger partial charge in [-0.1, -0.05) is 103 Å². The summed E-state index contributed by atoms with van der Waals surface area (Å²) in [7, 11) is 0. The lowest BCUT2D eigenvalue weighted by atomic mass is 9.95. The van der Waals surface area contributed by atoms with E-state index in [9.17, 15) is 0 Å². The van der Waals surface area contributed by atoms with E-state index in [2.05, 4.69) is 157 Å². The Morgan fingerprint density at radius 1 is 0.340 bits per heavy atom. The average Bonchev–Trinajstić information content (AvgIpc) is 3.71. The van der Waals surface area contributed by atoms with Crippen molar-refractivity contribution in [2.45, 2.75) is 0 Å². The van der Waals surface area contributed by atoms with Gasteiger partial charge >= 0.3 is 0 Å². The van der Waals surface area contributed by atoms with E-state index in [0.717, 1.165) is 77.3 Å². The SMILES string of the molecule is c1ccc(N(c2ccc(-c3cc4c5ccccc5oc4c4ccccc34)cc2)c2ccc3c(c2)oc2c4ccccc4ccc32)cc1. The summed E-state index contributed by atoms with van der Waals surface area (Å²) < 4.78 is 12.9. The molecule has 0 saturated heterocycles. The molecule has 0 N–H and O–H groups in total. The smallest absolute Gasteiger partial charge is 0.143 e. The molecule has 2 aromatic heterocycles. The molecular formula is C44H27NO2. The van der Waals surface area contributed by atoms with Gasteiger partial charge in [0.2, 0.25) is 0 Å². The van der Waals surface area contributed by atoms with Gasteiger partial charge in [0, 0.05) is 55.4 Å². The third-order valence-electron chi connectivity index (χ3n) is 9.44. The summed E-state index contributed by atoms with van der Waals surface area (Å²) >= 11 is 0. The predicted octanol–water partition coefficient (Wildman–Crippen LogP) is 12.9. The number of hydrogen-bond donors (Lipinski definition) is 0. The molecule has 0 saturated carbocycles. The lowest BCUT2D eigenvalue weighted by Gasteiger charge is -2.25. The van der Waals surface area contributed by atoms with Crippen molar-refractivity contribution in [2.75, 3.05) is 4.90 Å². The fourth-order valence-corrected chi connectivity index (χ4v) is 7.23. The molecule has 2 heterocycles. The van der Waals surface area contributed by atoms with E-state index in [4.69, 9.17) is 8.83 Å². The zero-order valence-electron chi connectivity index (χ0n) is 25.4. The molecule has 0 aliphatic rings. The second kappa shape index (κ2) is 10.1. The Hall–Kier alpha value is -6.32. The minimum Gasteiger partial charge on any atom is -0.455 e. The highest BCUT2D eigenvalue weighted by Gasteiger charge is 2.18. The number of benzene rings is 8. The molecule has 0 atom stereocenters. The molecule has 0 spiro atoms. The number of hydrogen-bond acceptors (Lipinski definition) is 3. The maximum absolute atomic E-state index is 6.57. The van der Waals surface area contributed by atoms with E-state index in [1.807, 2.05) is 12.1 Å². The molecule has 0 unspecified atom stereocenters. The number of furan rings is 2. The van der Waals surface area contributed by atoms with Gasteiger partial charge in [0.25, 0.3) is 0 Å². The number of nitrogens with zero attached hydrogens (tertiary/aromatic N) is 1. The van der Waals surface area contributed by atoms with Crippen LogP contribution < -0.4 is 4.90 Å². The average molecular weight is 602 g/mol. The zero-order chi connectivity index (χ0) is 30.9. The van der Waals surface area contributed by atoms with E-state index in [1.165, 1.54) is 16.3 Å². The van der Waals surface area contributed by atoms with Crippen molar-refractivity contribution in [3.8, 4) is 11.1 Å². The third kappa shape index (κ3) is 4.00. The molecule has 0 radical (unpaired) electrons. The van der Waals surface area contributed by atoms with Gasteiger partial charge in [-0.05, 0) is 76.5 Å². The number of para-hydroxylation sites is 2. The first-order valence-corrected chi connectivity index (χ1v) is 15.9. The van der Waals surface area contributed by atoms with E-state index < -0.39 is 0 Å². The van der Waals surface area contributed by atoms with Crippen molar-refractivity contribution in [3.05, 3.63) is 164 Å². The molecule has 0 amide bonds. The first-order valence-electron chi connectivity index (χ1n) is 15.9. The summed E-state index contributed by atoms with van der Waals surface area (Å²) in [6, 6.07) is 57.8. The summed E-state index contributed by atoms with van der Waals surface area (Å²) in [6.07, 6.45) is 0. The van der Waals surface area contributed by atoms with Crippen LogP contribution in [0.15, 0.2) is 173 Å². The minimum absolute atomic E-state index is 0.874. The fourth-order valence-electron chi connectivity index (χ4n) is 7.23. The molecule has 220 valence electrons. The van der Waals surface area contributed by atoms with Crippen LogP contribution in [0.5, 0.6) is 0 Å². The van der Waals surface area contributed by atoms with Gasteiger partial charge in [0.15, 0.2) is 0 Å². The van der Waals surface area contributed by atoms with Crippen LogP contribution in [0.25, 0.3) is 76.5 Å². The highest BCUT2D eigenvalue weighted by molar-refractivity contribution is 6.19. The van der Waals surface area contributed by atoms with E-state index >= 15 is 0 Å². The van der Waals surface area contributed by atoms with Crippen LogP contribution in [0.2, 0.25) is 0 Å². The van der Waals surface area contributed by atoms with Crippen LogP contribution >= 0.6 is 0 Å². The lowest BCUT2D eigenvalue weighted by Crippen LogP contribution is -2.09. The van der Waals surface area contributed by atoms with Gasteiger partial charge in [0.05, 0.1) is 0 Å². The molecule has 3 heteroatoms. The normalized spacial score (nSPS) is 11.8. The van der Waals surface area contributed by atoms with E-state index in [1.54, 1.807) is 0 Å². The minimum atomic E-state index is 0.874. The van der Waals surface area contributed by atoms with Gasteiger partial charge in [-0.25, -0.2) is 0 Å². The second-order valence-electron chi connectivity index (χ2n) is 12.1. The number of anilines is 3. The fraction of sp³-hybridized carbons (Fsp3) is 0. The molecule has 8 aromatic carbocycles. The van der Waals surface area contributed by atoms with Crippen molar-refractivity contribution in [1.29, 1.82) is 0 Å². The molecule has 0 bridgehead atoms. The molecule has 10 aromatic rings. The summed E-state index contributed by atoms with van der Waals surface area (Å²) in [5.41, 5.74) is 9.19. The van der Waals surface area contributed by atoms with Crippen LogP contribution in [0, 0.1) is 0 Å². The quantitative estimate of drug-likeness (QED) is 0.201. The summed E-state index contributed by atoms with van der Waals surface area (Å²) in [6.45, 7) is 0. The second-order valence-corrected chi connectivity index (χ2v) is 12.1. The van der Waals surface area contributed by atoms with Crippen molar-refractivity contribution >= 4 is 82.5 Å². The van der Waals surface area contributed by atoms with E-state index in [0.29, 0.717) is 0 Å². The van der Waals surface area contributed by atoms with Crippen molar-refractivity contribution in [2.24, 2.45) is 0 Å². The molecule has 3 nitrogen and oxygen atoms in total. The van der Waals surface area contributed by atoms with Crippen molar-refractivity contribution in [3.63, 3.8) is 0 Å². The Bertz CT molecular complexity index is 2790. The monoisotopic (exact) mass is 601 g/mol.